The summed E-state index contributed by atoms with van der Waals surface area (Å²) >= 11 is 0. The number of benzene rings is 2. The number of hydrogen-bond acceptors (Lipinski definition) is 6. The summed E-state index contributed by atoms with van der Waals surface area (Å²) in [4.78, 5) is 32.5. The molecule has 1 aliphatic rings. The van der Waals surface area contributed by atoms with Crippen LogP contribution in [0.5, 0.6) is 0 Å². The van der Waals surface area contributed by atoms with Crippen molar-refractivity contribution in [2.45, 2.75) is 60.4 Å². The number of nitrogens with one attached hydrogen (secondary N) is 1. The molecule has 0 radical (unpaired) electrons. The zero-order valence-corrected chi connectivity index (χ0v) is 24.2. The first kappa shape index (κ1) is 30.5. The van der Waals surface area contributed by atoms with Gasteiger partial charge in [0, 0.05) is 36.6 Å². The molecule has 8 nitrogen and oxygen atoms in total. The summed E-state index contributed by atoms with van der Waals surface area (Å²) in [7, 11) is 0. The van der Waals surface area contributed by atoms with E-state index in [1.54, 1.807) is 18.3 Å². The molecule has 4 rings (SSSR count). The molecule has 214 valence electrons. The molecule has 0 aliphatic carbocycles. The lowest BCUT2D eigenvalue weighted by Crippen LogP contribution is -2.28. The number of nitrogens with zero attached hydrogens (tertiary/aromatic N) is 4. The van der Waals surface area contributed by atoms with Crippen LogP contribution in [-0.4, -0.2) is 40.5 Å². The summed E-state index contributed by atoms with van der Waals surface area (Å²) in [6, 6.07) is 8.85. The Balaban J connectivity index is 0.00000216. The van der Waals surface area contributed by atoms with Gasteiger partial charge in [0.1, 0.15) is 11.4 Å². The first-order chi connectivity index (χ1) is 18.8. The fourth-order valence-electron chi connectivity index (χ4n) is 4.33. The third kappa shape index (κ3) is 6.91. The number of carbonyl (C=O) groups is 1. The van der Waals surface area contributed by atoms with Gasteiger partial charge in [-0.1, -0.05) is 33.8 Å². The molecule has 1 amide bonds. The molecule has 1 aromatic heterocycles. The van der Waals surface area contributed by atoms with Gasteiger partial charge in [0.25, 0.3) is 11.5 Å². The number of aliphatic imine (C=N–C) groups is 1. The lowest BCUT2D eigenvalue weighted by atomic mass is 9.93. The van der Waals surface area contributed by atoms with E-state index < -0.39 is 28.8 Å². The lowest BCUT2D eigenvalue weighted by Gasteiger charge is -2.27. The summed E-state index contributed by atoms with van der Waals surface area (Å²) < 4.78 is 29.3. The molecular formula is C30H38F2N6O2. The maximum absolute atomic E-state index is 14.4. The molecule has 1 saturated heterocycles. The van der Waals surface area contributed by atoms with Gasteiger partial charge in [0.05, 0.1) is 16.9 Å². The highest BCUT2D eigenvalue weighted by Gasteiger charge is 2.32. The summed E-state index contributed by atoms with van der Waals surface area (Å²) in [6.45, 7) is 15.8. The Morgan fingerprint density at radius 3 is 2.30 bits per heavy atom. The third-order valence-electron chi connectivity index (χ3n) is 6.26. The van der Waals surface area contributed by atoms with Crippen LogP contribution in [0.3, 0.4) is 0 Å². The number of carbonyl (C=O) groups excluding carboxylic acids is 1. The van der Waals surface area contributed by atoms with E-state index in [0.29, 0.717) is 21.6 Å². The van der Waals surface area contributed by atoms with Crippen molar-refractivity contribution in [3.8, 4) is 5.69 Å². The van der Waals surface area contributed by atoms with Crippen molar-refractivity contribution >= 4 is 29.2 Å². The summed E-state index contributed by atoms with van der Waals surface area (Å²) in [5.41, 5.74) is 6.87. The number of rotatable bonds is 5. The van der Waals surface area contributed by atoms with E-state index in [-0.39, 0.29) is 16.6 Å². The highest BCUT2D eigenvalue weighted by molar-refractivity contribution is 6.08. The van der Waals surface area contributed by atoms with Crippen molar-refractivity contribution in [1.82, 2.24) is 9.78 Å². The van der Waals surface area contributed by atoms with Gasteiger partial charge < -0.3 is 16.0 Å². The molecule has 0 atom stereocenters. The summed E-state index contributed by atoms with van der Waals surface area (Å²) in [6.07, 6.45) is 2.68. The molecule has 2 aromatic carbocycles. The van der Waals surface area contributed by atoms with Crippen molar-refractivity contribution < 1.29 is 13.6 Å². The van der Waals surface area contributed by atoms with Crippen molar-refractivity contribution in [2.24, 2.45) is 10.4 Å². The van der Waals surface area contributed by atoms with Gasteiger partial charge in [-0.25, -0.2) is 8.78 Å². The third-order valence-corrected chi connectivity index (χ3v) is 6.26. The van der Waals surface area contributed by atoms with Crippen LogP contribution in [0.4, 0.5) is 25.8 Å². The zero-order chi connectivity index (χ0) is 29.8. The number of halogens is 2. The standard InChI is InChI=1S/C28H32F2N6O2.C2H6/c1-27(2,3)32-15-17-20(31)9-10-21(24(17)35-14-13-28(4,5)16-35)33-26(38)22-11-12-23(37)36(34-22)25-18(29)7-6-8-19(25)30;1-2/h6-12,15H,13-14,16,31H2,1-5H3,(H,33,38);1-2H3. The second kappa shape index (κ2) is 12.0. The largest absolute Gasteiger partial charge is 0.398 e. The second-order valence-corrected chi connectivity index (χ2v) is 11.2. The van der Waals surface area contributed by atoms with Gasteiger partial charge in [-0.2, -0.15) is 9.78 Å². The monoisotopic (exact) mass is 552 g/mol. The Bertz CT molecular complexity index is 1450. The fourth-order valence-corrected chi connectivity index (χ4v) is 4.33. The van der Waals surface area contributed by atoms with Gasteiger partial charge in [-0.15, -0.1) is 0 Å². The smallest absolute Gasteiger partial charge is 0.276 e. The molecule has 3 N–H and O–H groups in total. The van der Waals surface area contributed by atoms with Crippen LogP contribution in [0, 0.1) is 17.0 Å². The van der Waals surface area contributed by atoms with Crippen molar-refractivity contribution in [3.63, 3.8) is 0 Å². The predicted molar refractivity (Wildman–Crippen MR) is 158 cm³/mol. The lowest BCUT2D eigenvalue weighted by molar-refractivity contribution is 0.102. The van der Waals surface area contributed by atoms with Crippen LogP contribution in [0.15, 0.2) is 52.3 Å². The molecule has 0 saturated carbocycles. The van der Waals surface area contributed by atoms with Gasteiger partial charge in [0.2, 0.25) is 0 Å². The predicted octanol–water partition coefficient (Wildman–Crippen LogP) is 5.83. The number of anilines is 3. The van der Waals surface area contributed by atoms with Crippen molar-refractivity contribution in [1.29, 1.82) is 0 Å². The van der Waals surface area contributed by atoms with E-state index in [9.17, 15) is 18.4 Å². The molecule has 0 bridgehead atoms. The van der Waals surface area contributed by atoms with Gasteiger partial charge in [0.15, 0.2) is 11.6 Å². The Morgan fingerprint density at radius 1 is 1.07 bits per heavy atom. The molecule has 1 aliphatic heterocycles. The molecular weight excluding hydrogens is 514 g/mol. The Kier molecular flexibility index (Phi) is 9.12. The van der Waals surface area contributed by atoms with Crippen LogP contribution in [0.25, 0.3) is 5.69 Å². The fraction of sp³-hybridized carbons (Fsp3) is 0.400. The van der Waals surface area contributed by atoms with Crippen LogP contribution in [0.1, 0.15) is 70.9 Å². The minimum Gasteiger partial charge on any atom is -0.398 e. The number of amides is 1. The van der Waals surface area contributed by atoms with Crippen LogP contribution in [-0.2, 0) is 0 Å². The Labute approximate surface area is 233 Å². The maximum Gasteiger partial charge on any atom is 0.276 e. The van der Waals surface area contributed by atoms with E-state index in [4.69, 9.17) is 5.73 Å². The van der Waals surface area contributed by atoms with E-state index >= 15 is 0 Å². The minimum atomic E-state index is -0.975. The molecule has 0 spiro atoms. The number of para-hydroxylation sites is 1. The van der Waals surface area contributed by atoms with Crippen molar-refractivity contribution in [2.75, 3.05) is 29.0 Å². The highest BCUT2D eigenvalue weighted by atomic mass is 19.1. The number of nitrogen functional groups attached to an aromatic ring is 1. The molecule has 10 heteroatoms. The van der Waals surface area contributed by atoms with Gasteiger partial charge in [-0.3, -0.25) is 14.6 Å². The van der Waals surface area contributed by atoms with Gasteiger partial charge >= 0.3 is 0 Å². The normalized spacial score (nSPS) is 14.7. The first-order valence-corrected chi connectivity index (χ1v) is 13.3. The molecule has 1 fully saturated rings. The second-order valence-electron chi connectivity index (χ2n) is 11.2. The van der Waals surface area contributed by atoms with Crippen molar-refractivity contribution in [3.05, 3.63) is 75.7 Å². The average Bonchev–Trinajstić information content (AvgIpc) is 3.24. The SMILES string of the molecule is CC.CC1(C)CCN(c2c(NC(=O)c3ccc(=O)n(-c4c(F)cccc4F)n3)ccc(N)c2C=NC(C)(C)C)C1. The summed E-state index contributed by atoms with van der Waals surface area (Å²) in [5.74, 6) is -2.60. The highest BCUT2D eigenvalue weighted by Crippen LogP contribution is 2.40. The molecule has 3 aromatic rings. The summed E-state index contributed by atoms with van der Waals surface area (Å²) in [5, 5.41) is 6.83. The number of hydrogen-bond donors (Lipinski definition) is 2. The topological polar surface area (TPSA) is 106 Å². The molecule has 40 heavy (non-hydrogen) atoms. The Hall–Kier alpha value is -4.08. The number of aromatic nitrogens is 2. The van der Waals surface area contributed by atoms with Gasteiger partial charge in [-0.05, 0) is 62.9 Å². The van der Waals surface area contributed by atoms with E-state index in [2.05, 4.69) is 34.2 Å². The molecule has 2 heterocycles. The minimum absolute atomic E-state index is 0.0607. The maximum atomic E-state index is 14.4. The van der Waals surface area contributed by atoms with E-state index in [1.807, 2.05) is 34.6 Å². The Morgan fingerprint density at radius 2 is 1.73 bits per heavy atom. The zero-order valence-electron chi connectivity index (χ0n) is 24.2. The van der Waals surface area contributed by atoms with E-state index in [1.165, 1.54) is 12.1 Å². The van der Waals surface area contributed by atoms with Crippen LogP contribution in [0.2, 0.25) is 0 Å². The first-order valence-electron chi connectivity index (χ1n) is 13.3. The van der Waals surface area contributed by atoms with E-state index in [0.717, 1.165) is 43.4 Å². The molecule has 0 unspecified atom stereocenters. The van der Waals surface area contributed by atoms with Crippen LogP contribution >= 0.6 is 0 Å². The quantitative estimate of drug-likeness (QED) is 0.306. The average molecular weight is 553 g/mol. The van der Waals surface area contributed by atoms with Crippen LogP contribution < -0.4 is 21.5 Å². The number of nitrogens with two attached hydrogens (primary N) is 1.